The topological polar surface area (TPSA) is 80.0 Å². The summed E-state index contributed by atoms with van der Waals surface area (Å²) in [4.78, 5) is 24.7. The third kappa shape index (κ3) is 3.82. The number of nitrogens with zero attached hydrogens (tertiary/aromatic N) is 1. The van der Waals surface area contributed by atoms with Crippen LogP contribution in [0.15, 0.2) is 21.5 Å². The molecule has 0 spiro atoms. The highest BCUT2D eigenvalue weighted by Gasteiger charge is 2.31. The summed E-state index contributed by atoms with van der Waals surface area (Å²) in [6.45, 7) is 2.66. The van der Waals surface area contributed by atoms with Gasteiger partial charge in [0.25, 0.3) is 0 Å². The van der Waals surface area contributed by atoms with Gasteiger partial charge in [0.05, 0.1) is 19.7 Å². The maximum atomic E-state index is 11.5. The molecule has 1 aliphatic carbocycles. The average Bonchev–Trinajstić information content (AvgIpc) is 3.17. The fraction of sp³-hybridized carbons (Fsp3) is 0.538. The lowest BCUT2D eigenvalue weighted by molar-refractivity contribution is -0.144. The van der Waals surface area contributed by atoms with Crippen molar-refractivity contribution in [1.82, 2.24) is 4.90 Å². The van der Waals surface area contributed by atoms with Crippen LogP contribution in [0.3, 0.4) is 0 Å². The van der Waals surface area contributed by atoms with Crippen LogP contribution in [-0.4, -0.2) is 35.2 Å². The Labute approximate surface area is 110 Å². The van der Waals surface area contributed by atoms with Gasteiger partial charge in [-0.05, 0) is 19.8 Å². The Balaban J connectivity index is 2.01. The van der Waals surface area contributed by atoms with Crippen LogP contribution >= 0.6 is 0 Å². The number of ether oxygens (including phenoxy) is 1. The van der Waals surface area contributed by atoms with Crippen LogP contribution in [0.5, 0.6) is 5.75 Å². The van der Waals surface area contributed by atoms with E-state index in [9.17, 15) is 9.59 Å². The second-order valence-electron chi connectivity index (χ2n) is 4.54. The molecule has 1 aromatic rings. The van der Waals surface area contributed by atoms with E-state index in [0.29, 0.717) is 25.0 Å². The molecule has 2 rings (SSSR count). The summed E-state index contributed by atoms with van der Waals surface area (Å²) in [6, 6.07) is 1.58. The van der Waals surface area contributed by atoms with Gasteiger partial charge < -0.3 is 14.3 Å². The summed E-state index contributed by atoms with van der Waals surface area (Å²) >= 11 is 0. The van der Waals surface area contributed by atoms with Gasteiger partial charge in [0.15, 0.2) is 5.75 Å². The summed E-state index contributed by atoms with van der Waals surface area (Å²) in [5, 5.41) is 9.12. The predicted octanol–water partition coefficient (Wildman–Crippen LogP) is 0.873. The van der Waals surface area contributed by atoms with Crippen LogP contribution in [0, 0.1) is 0 Å². The van der Waals surface area contributed by atoms with E-state index in [4.69, 9.17) is 14.3 Å². The van der Waals surface area contributed by atoms with Crippen molar-refractivity contribution in [3.63, 3.8) is 0 Å². The molecule has 6 heteroatoms. The molecular weight excluding hydrogens is 250 g/mol. The normalized spacial score (nSPS) is 14.6. The molecule has 1 fully saturated rings. The van der Waals surface area contributed by atoms with Gasteiger partial charge in [-0.1, -0.05) is 0 Å². The Hall–Kier alpha value is -1.82. The lowest BCUT2D eigenvalue weighted by Crippen LogP contribution is -2.32. The van der Waals surface area contributed by atoms with E-state index in [-0.39, 0.29) is 12.5 Å². The maximum absolute atomic E-state index is 11.5. The zero-order valence-electron chi connectivity index (χ0n) is 10.8. The molecule has 0 radical (unpaired) electrons. The van der Waals surface area contributed by atoms with Crippen molar-refractivity contribution in [2.75, 3.05) is 13.2 Å². The molecule has 1 aromatic heterocycles. The highest BCUT2D eigenvalue weighted by atomic mass is 16.5. The Morgan fingerprint density at radius 2 is 2.32 bits per heavy atom. The molecule has 0 unspecified atom stereocenters. The minimum atomic E-state index is -0.479. The monoisotopic (exact) mass is 267 g/mol. The van der Waals surface area contributed by atoms with Crippen molar-refractivity contribution < 1.29 is 19.1 Å². The summed E-state index contributed by atoms with van der Waals surface area (Å²) in [6.07, 6.45) is 3.08. The molecule has 0 atom stereocenters. The fourth-order valence-electron chi connectivity index (χ4n) is 1.85. The minimum absolute atomic E-state index is 0.184. The largest absolute Gasteiger partial charge is 0.502 e. The van der Waals surface area contributed by atoms with Gasteiger partial charge in [0.2, 0.25) is 5.43 Å². The highest BCUT2D eigenvalue weighted by Crippen LogP contribution is 2.28. The van der Waals surface area contributed by atoms with Gasteiger partial charge >= 0.3 is 5.97 Å². The van der Waals surface area contributed by atoms with Crippen molar-refractivity contribution in [3.8, 4) is 5.75 Å². The van der Waals surface area contributed by atoms with Gasteiger partial charge in [-0.3, -0.25) is 14.5 Å². The van der Waals surface area contributed by atoms with E-state index in [1.165, 1.54) is 6.07 Å². The molecule has 1 saturated carbocycles. The second-order valence-corrected chi connectivity index (χ2v) is 4.54. The van der Waals surface area contributed by atoms with Gasteiger partial charge in [-0.15, -0.1) is 0 Å². The molecule has 1 heterocycles. The van der Waals surface area contributed by atoms with Crippen molar-refractivity contribution >= 4 is 5.97 Å². The van der Waals surface area contributed by atoms with Crippen LogP contribution in [0.4, 0.5) is 0 Å². The molecule has 1 N–H and O–H groups in total. The Kier molecular flexibility index (Phi) is 4.21. The zero-order chi connectivity index (χ0) is 13.8. The predicted molar refractivity (Wildman–Crippen MR) is 66.7 cm³/mol. The van der Waals surface area contributed by atoms with E-state index in [1.54, 1.807) is 6.92 Å². The maximum Gasteiger partial charge on any atom is 0.320 e. The number of carbonyl (C=O) groups is 1. The second kappa shape index (κ2) is 5.88. The molecule has 0 aliphatic heterocycles. The SMILES string of the molecule is CCOC(=O)CN(Cc1cc(=O)c(O)co1)C1CC1. The fourth-order valence-corrected chi connectivity index (χ4v) is 1.85. The Bertz CT molecular complexity index is 506. The third-order valence-corrected chi connectivity index (χ3v) is 2.93. The number of hydrogen-bond acceptors (Lipinski definition) is 6. The quantitative estimate of drug-likeness (QED) is 0.770. The average molecular weight is 267 g/mol. The Morgan fingerprint density at radius 1 is 1.58 bits per heavy atom. The number of esters is 1. The Morgan fingerprint density at radius 3 is 2.89 bits per heavy atom. The van der Waals surface area contributed by atoms with Gasteiger partial charge in [-0.2, -0.15) is 0 Å². The third-order valence-electron chi connectivity index (χ3n) is 2.93. The summed E-state index contributed by atoms with van der Waals surface area (Å²) in [5.74, 6) is -0.262. The first-order valence-electron chi connectivity index (χ1n) is 6.30. The van der Waals surface area contributed by atoms with Crippen LogP contribution < -0.4 is 5.43 Å². The van der Waals surface area contributed by atoms with Crippen molar-refractivity contribution in [2.24, 2.45) is 0 Å². The van der Waals surface area contributed by atoms with Crippen molar-refractivity contribution in [1.29, 1.82) is 0 Å². The highest BCUT2D eigenvalue weighted by molar-refractivity contribution is 5.71. The molecule has 6 nitrogen and oxygen atoms in total. The number of hydrogen-bond donors (Lipinski definition) is 1. The number of carbonyl (C=O) groups excluding carboxylic acids is 1. The molecule has 104 valence electrons. The number of aromatic hydroxyl groups is 1. The summed E-state index contributed by atoms with van der Waals surface area (Å²) in [5.41, 5.74) is -0.479. The van der Waals surface area contributed by atoms with E-state index in [1.807, 2.05) is 4.90 Å². The smallest absolute Gasteiger partial charge is 0.320 e. The van der Waals surface area contributed by atoms with Crippen molar-refractivity contribution in [3.05, 3.63) is 28.3 Å². The minimum Gasteiger partial charge on any atom is -0.502 e. The van der Waals surface area contributed by atoms with E-state index < -0.39 is 11.2 Å². The van der Waals surface area contributed by atoms with Gasteiger partial charge in [0, 0.05) is 12.1 Å². The van der Waals surface area contributed by atoms with E-state index >= 15 is 0 Å². The van der Waals surface area contributed by atoms with E-state index in [2.05, 4.69) is 0 Å². The molecule has 1 aliphatic rings. The zero-order valence-corrected chi connectivity index (χ0v) is 10.8. The standard InChI is InChI=1S/C13H17NO5/c1-2-18-13(17)7-14(9-3-4-9)6-10-5-11(15)12(16)8-19-10/h5,8-9,16H,2-4,6-7H2,1H3. The molecule has 0 aromatic carbocycles. The lowest BCUT2D eigenvalue weighted by atomic mass is 10.3. The molecule has 19 heavy (non-hydrogen) atoms. The molecule has 0 saturated heterocycles. The summed E-state index contributed by atoms with van der Waals surface area (Å²) < 4.78 is 10.1. The van der Waals surface area contributed by atoms with Crippen LogP contribution in [-0.2, 0) is 16.1 Å². The lowest BCUT2D eigenvalue weighted by Gasteiger charge is -2.19. The van der Waals surface area contributed by atoms with E-state index in [0.717, 1.165) is 19.1 Å². The van der Waals surface area contributed by atoms with Crippen LogP contribution in [0.25, 0.3) is 0 Å². The van der Waals surface area contributed by atoms with Crippen LogP contribution in [0.2, 0.25) is 0 Å². The molecule has 0 amide bonds. The number of rotatable bonds is 6. The van der Waals surface area contributed by atoms with Gasteiger partial charge in [0.1, 0.15) is 12.0 Å². The van der Waals surface area contributed by atoms with Crippen molar-refractivity contribution in [2.45, 2.75) is 32.4 Å². The first kappa shape index (κ1) is 13.6. The van der Waals surface area contributed by atoms with Crippen LogP contribution in [0.1, 0.15) is 25.5 Å². The molecule has 0 bridgehead atoms. The first-order valence-corrected chi connectivity index (χ1v) is 6.30. The van der Waals surface area contributed by atoms with Gasteiger partial charge in [-0.25, -0.2) is 0 Å². The summed E-state index contributed by atoms with van der Waals surface area (Å²) in [7, 11) is 0. The first-order chi connectivity index (χ1) is 9.10. The molecular formula is C13H17NO5.